The molecule has 2 aromatic heterocycles. The van der Waals surface area contributed by atoms with Crippen LogP contribution in [0.3, 0.4) is 0 Å². The van der Waals surface area contributed by atoms with Gasteiger partial charge >= 0.3 is 6.09 Å². The minimum absolute atomic E-state index is 0.143. The lowest BCUT2D eigenvalue weighted by atomic mass is 10.2. The average Bonchev–Trinajstić information content (AvgIpc) is 3.02. The molecule has 1 saturated heterocycles. The standard InChI is InChI=1S/C17H25N5O4/c1-17(2,3)26-16(24)21-7-5-20(6-8-21)15-19-14(25-4)9-13-18-12(11-23)10-22(13)15/h9-10,23H,5-8,11H2,1-4H3. The Bertz CT molecular complexity index is 790. The zero-order valence-corrected chi connectivity index (χ0v) is 15.6. The topological polar surface area (TPSA) is 92.4 Å². The van der Waals surface area contributed by atoms with Gasteiger partial charge in [0.25, 0.3) is 0 Å². The summed E-state index contributed by atoms with van der Waals surface area (Å²) in [5.74, 6) is 1.13. The van der Waals surface area contributed by atoms with Gasteiger partial charge in [0, 0.05) is 38.4 Å². The van der Waals surface area contributed by atoms with Crippen LogP contribution in [0.5, 0.6) is 5.88 Å². The van der Waals surface area contributed by atoms with Crippen molar-refractivity contribution in [3.05, 3.63) is 18.0 Å². The fourth-order valence-electron chi connectivity index (χ4n) is 2.82. The molecule has 0 spiro atoms. The number of ether oxygens (including phenoxy) is 2. The highest BCUT2D eigenvalue weighted by Gasteiger charge is 2.27. The van der Waals surface area contributed by atoms with Crippen LogP contribution in [-0.2, 0) is 11.3 Å². The average molecular weight is 363 g/mol. The third-order valence-electron chi connectivity index (χ3n) is 4.05. The van der Waals surface area contributed by atoms with Crippen molar-refractivity contribution in [3.63, 3.8) is 0 Å². The zero-order valence-electron chi connectivity index (χ0n) is 15.6. The number of nitrogens with zero attached hydrogens (tertiary/aromatic N) is 5. The molecular formula is C17H25N5O4. The molecule has 1 fully saturated rings. The van der Waals surface area contributed by atoms with Crippen LogP contribution in [-0.4, -0.2) is 69.4 Å². The van der Waals surface area contributed by atoms with Crippen LogP contribution in [0.1, 0.15) is 26.5 Å². The molecule has 1 amide bonds. The molecule has 3 rings (SSSR count). The number of aliphatic hydroxyl groups is 1. The number of fused-ring (bicyclic) bond motifs is 1. The Balaban J connectivity index is 1.79. The Morgan fingerprint density at radius 2 is 1.92 bits per heavy atom. The maximum Gasteiger partial charge on any atom is 0.410 e. The maximum atomic E-state index is 12.2. The Kier molecular flexibility index (Phi) is 4.90. The molecule has 0 aliphatic carbocycles. The summed E-state index contributed by atoms with van der Waals surface area (Å²) in [5, 5.41) is 9.36. The van der Waals surface area contributed by atoms with Crippen molar-refractivity contribution in [2.75, 3.05) is 38.2 Å². The van der Waals surface area contributed by atoms with Gasteiger partial charge in [-0.1, -0.05) is 0 Å². The minimum Gasteiger partial charge on any atom is -0.481 e. The highest BCUT2D eigenvalue weighted by Crippen LogP contribution is 2.22. The SMILES string of the molecule is COc1cc2nc(CO)cn2c(N2CCN(C(=O)OC(C)(C)C)CC2)n1. The lowest BCUT2D eigenvalue weighted by molar-refractivity contribution is 0.0240. The van der Waals surface area contributed by atoms with Crippen LogP contribution in [0, 0.1) is 0 Å². The summed E-state index contributed by atoms with van der Waals surface area (Å²) in [7, 11) is 1.55. The summed E-state index contributed by atoms with van der Waals surface area (Å²) >= 11 is 0. The van der Waals surface area contributed by atoms with Gasteiger partial charge in [-0.3, -0.25) is 4.40 Å². The van der Waals surface area contributed by atoms with E-state index in [4.69, 9.17) is 9.47 Å². The molecule has 1 N–H and O–H groups in total. The molecule has 1 aliphatic rings. The van der Waals surface area contributed by atoms with Gasteiger partial charge in [-0.2, -0.15) is 4.98 Å². The summed E-state index contributed by atoms with van der Waals surface area (Å²) in [6.07, 6.45) is 1.46. The fraction of sp³-hybridized carbons (Fsp3) is 0.588. The number of amides is 1. The monoisotopic (exact) mass is 363 g/mol. The van der Waals surface area contributed by atoms with E-state index in [0.29, 0.717) is 49.3 Å². The second kappa shape index (κ2) is 6.99. The molecule has 142 valence electrons. The lowest BCUT2D eigenvalue weighted by Crippen LogP contribution is -2.50. The zero-order chi connectivity index (χ0) is 18.9. The number of piperazine rings is 1. The number of imidazole rings is 1. The van der Waals surface area contributed by atoms with Crippen molar-refractivity contribution in [2.45, 2.75) is 33.0 Å². The van der Waals surface area contributed by atoms with Crippen molar-refractivity contribution in [3.8, 4) is 5.88 Å². The van der Waals surface area contributed by atoms with E-state index in [2.05, 4.69) is 14.9 Å². The fourth-order valence-corrected chi connectivity index (χ4v) is 2.82. The largest absolute Gasteiger partial charge is 0.481 e. The number of aliphatic hydroxyl groups excluding tert-OH is 1. The first-order valence-electron chi connectivity index (χ1n) is 8.57. The Hall–Kier alpha value is -2.55. The van der Waals surface area contributed by atoms with Crippen LogP contribution < -0.4 is 9.64 Å². The van der Waals surface area contributed by atoms with Crippen LogP contribution in [0.25, 0.3) is 5.65 Å². The van der Waals surface area contributed by atoms with Crippen LogP contribution in [0.2, 0.25) is 0 Å². The summed E-state index contributed by atoms with van der Waals surface area (Å²) in [6, 6.07) is 1.72. The van der Waals surface area contributed by atoms with E-state index in [-0.39, 0.29) is 12.7 Å². The van der Waals surface area contributed by atoms with E-state index in [1.165, 1.54) is 0 Å². The normalized spacial score (nSPS) is 15.4. The third kappa shape index (κ3) is 3.82. The van der Waals surface area contributed by atoms with Gasteiger partial charge in [0.1, 0.15) is 11.2 Å². The predicted octanol–water partition coefficient (Wildman–Crippen LogP) is 1.29. The number of carbonyl (C=O) groups excluding carboxylic acids is 1. The van der Waals surface area contributed by atoms with E-state index < -0.39 is 5.60 Å². The number of carbonyl (C=O) groups is 1. The van der Waals surface area contributed by atoms with E-state index in [0.717, 1.165) is 0 Å². The molecule has 9 heteroatoms. The van der Waals surface area contributed by atoms with Gasteiger partial charge in [0.2, 0.25) is 11.8 Å². The molecule has 3 heterocycles. The van der Waals surface area contributed by atoms with Gasteiger partial charge in [-0.05, 0) is 20.8 Å². The third-order valence-corrected chi connectivity index (χ3v) is 4.05. The van der Waals surface area contributed by atoms with Gasteiger partial charge in [0.05, 0.1) is 19.4 Å². The highest BCUT2D eigenvalue weighted by molar-refractivity contribution is 5.68. The number of aromatic nitrogens is 3. The molecule has 0 bridgehead atoms. The van der Waals surface area contributed by atoms with E-state index in [9.17, 15) is 9.90 Å². The second-order valence-corrected chi connectivity index (χ2v) is 7.17. The van der Waals surface area contributed by atoms with Gasteiger partial charge in [-0.25, -0.2) is 9.78 Å². The molecule has 0 aromatic carbocycles. The van der Waals surface area contributed by atoms with E-state index in [1.807, 2.05) is 25.2 Å². The molecule has 9 nitrogen and oxygen atoms in total. The van der Waals surface area contributed by atoms with Crippen molar-refractivity contribution < 1.29 is 19.4 Å². The summed E-state index contributed by atoms with van der Waals surface area (Å²) < 4.78 is 12.5. The Morgan fingerprint density at radius 3 is 2.50 bits per heavy atom. The number of hydrogen-bond acceptors (Lipinski definition) is 7. The van der Waals surface area contributed by atoms with Gasteiger partial charge in [-0.15, -0.1) is 0 Å². The smallest absolute Gasteiger partial charge is 0.410 e. The number of anilines is 1. The Labute approximate surface area is 152 Å². The molecule has 2 aromatic rings. The summed E-state index contributed by atoms with van der Waals surface area (Å²) in [4.78, 5) is 24.9. The quantitative estimate of drug-likeness (QED) is 0.878. The number of methoxy groups -OCH3 is 1. The van der Waals surface area contributed by atoms with Crippen LogP contribution in [0.15, 0.2) is 12.3 Å². The molecule has 0 unspecified atom stereocenters. The molecule has 0 radical (unpaired) electrons. The first-order valence-corrected chi connectivity index (χ1v) is 8.57. The highest BCUT2D eigenvalue weighted by atomic mass is 16.6. The second-order valence-electron chi connectivity index (χ2n) is 7.17. The lowest BCUT2D eigenvalue weighted by Gasteiger charge is -2.36. The molecule has 1 aliphatic heterocycles. The van der Waals surface area contributed by atoms with E-state index in [1.54, 1.807) is 24.3 Å². The van der Waals surface area contributed by atoms with Gasteiger partial charge < -0.3 is 24.4 Å². The predicted molar refractivity (Wildman–Crippen MR) is 95.5 cm³/mol. The first-order chi connectivity index (χ1) is 12.3. The number of rotatable bonds is 3. The molecular weight excluding hydrogens is 338 g/mol. The van der Waals surface area contributed by atoms with Crippen LogP contribution in [0.4, 0.5) is 10.7 Å². The Morgan fingerprint density at radius 1 is 1.23 bits per heavy atom. The first kappa shape index (κ1) is 18.2. The summed E-state index contributed by atoms with van der Waals surface area (Å²) in [5.41, 5.74) is 0.714. The van der Waals surface area contributed by atoms with Gasteiger partial charge in [0.15, 0.2) is 0 Å². The molecule has 0 saturated carbocycles. The van der Waals surface area contributed by atoms with Crippen LogP contribution >= 0.6 is 0 Å². The van der Waals surface area contributed by atoms with Crippen molar-refractivity contribution in [1.82, 2.24) is 19.3 Å². The van der Waals surface area contributed by atoms with Crippen molar-refractivity contribution >= 4 is 17.7 Å². The molecule has 0 atom stereocenters. The van der Waals surface area contributed by atoms with Crippen molar-refractivity contribution in [1.29, 1.82) is 0 Å². The van der Waals surface area contributed by atoms with Crippen molar-refractivity contribution in [2.24, 2.45) is 0 Å². The summed E-state index contributed by atoms with van der Waals surface area (Å²) in [6.45, 7) is 7.73. The maximum absolute atomic E-state index is 12.2. The van der Waals surface area contributed by atoms with E-state index >= 15 is 0 Å². The minimum atomic E-state index is -0.508. The number of hydrogen-bond donors (Lipinski definition) is 1. The molecule has 26 heavy (non-hydrogen) atoms.